The molecule has 1 amide bonds. The van der Waals surface area contributed by atoms with Crippen LogP contribution in [0.5, 0.6) is 5.75 Å². The third-order valence-corrected chi connectivity index (χ3v) is 2.69. The Labute approximate surface area is 121 Å². The number of hydrogen-bond donors (Lipinski definition) is 1. The van der Waals surface area contributed by atoms with Crippen LogP contribution in [0.25, 0.3) is 0 Å². The van der Waals surface area contributed by atoms with Gasteiger partial charge in [0, 0.05) is 5.92 Å². The first kappa shape index (κ1) is 15.4. The SMILES string of the molecule is CC(C)C(=O)N[C@@H](Oc1ccccc1)C(Cl)(Cl)Cl. The van der Waals surface area contributed by atoms with E-state index in [1.165, 1.54) is 0 Å². The van der Waals surface area contributed by atoms with E-state index in [0.29, 0.717) is 5.75 Å². The maximum atomic E-state index is 11.6. The number of nitrogens with one attached hydrogen (secondary N) is 1. The number of benzene rings is 1. The Hall–Kier alpha value is -0.640. The van der Waals surface area contributed by atoms with Gasteiger partial charge in [-0.1, -0.05) is 66.8 Å². The Bertz CT molecular complexity index is 390. The number of alkyl halides is 3. The molecule has 1 atom stereocenters. The van der Waals surface area contributed by atoms with Gasteiger partial charge in [0.1, 0.15) is 5.75 Å². The van der Waals surface area contributed by atoms with Crippen LogP contribution < -0.4 is 10.1 Å². The van der Waals surface area contributed by atoms with E-state index in [0.717, 1.165) is 0 Å². The Morgan fingerprint density at radius 1 is 1.22 bits per heavy atom. The second-order valence-corrected chi connectivity index (χ2v) is 6.38. The summed E-state index contributed by atoms with van der Waals surface area (Å²) in [6.07, 6.45) is -1.04. The highest BCUT2D eigenvalue weighted by atomic mass is 35.6. The van der Waals surface area contributed by atoms with Gasteiger partial charge in [-0.3, -0.25) is 4.79 Å². The van der Waals surface area contributed by atoms with Crippen LogP contribution in [-0.4, -0.2) is 15.9 Å². The molecule has 0 aliphatic carbocycles. The van der Waals surface area contributed by atoms with Gasteiger partial charge in [-0.05, 0) is 12.1 Å². The van der Waals surface area contributed by atoms with Gasteiger partial charge in [0.25, 0.3) is 0 Å². The first-order valence-electron chi connectivity index (χ1n) is 5.39. The fourth-order valence-electron chi connectivity index (χ4n) is 1.11. The van der Waals surface area contributed by atoms with Gasteiger partial charge in [-0.25, -0.2) is 0 Å². The third-order valence-electron chi connectivity index (χ3n) is 2.09. The van der Waals surface area contributed by atoms with Gasteiger partial charge in [0.2, 0.25) is 15.9 Å². The molecule has 0 bridgehead atoms. The lowest BCUT2D eigenvalue weighted by molar-refractivity contribution is -0.126. The number of hydrogen-bond acceptors (Lipinski definition) is 2. The highest BCUT2D eigenvalue weighted by Crippen LogP contribution is 2.32. The van der Waals surface area contributed by atoms with E-state index in [1.807, 2.05) is 6.07 Å². The van der Waals surface area contributed by atoms with Gasteiger partial charge in [-0.15, -0.1) is 0 Å². The van der Waals surface area contributed by atoms with Crippen molar-refractivity contribution in [1.29, 1.82) is 0 Å². The predicted molar refractivity (Wildman–Crippen MR) is 74.1 cm³/mol. The summed E-state index contributed by atoms with van der Waals surface area (Å²) < 4.78 is 3.72. The second-order valence-electron chi connectivity index (χ2n) is 4.02. The molecule has 0 saturated carbocycles. The van der Waals surface area contributed by atoms with Crippen LogP contribution in [0.15, 0.2) is 30.3 Å². The maximum absolute atomic E-state index is 11.6. The van der Waals surface area contributed by atoms with Crippen LogP contribution in [0.4, 0.5) is 0 Å². The molecule has 0 aliphatic rings. The van der Waals surface area contributed by atoms with Crippen LogP contribution in [-0.2, 0) is 4.79 Å². The fourth-order valence-corrected chi connectivity index (χ4v) is 1.41. The van der Waals surface area contributed by atoms with Crippen molar-refractivity contribution in [2.45, 2.75) is 23.9 Å². The monoisotopic (exact) mass is 309 g/mol. The molecule has 1 N–H and O–H groups in total. The first-order valence-corrected chi connectivity index (χ1v) is 6.53. The van der Waals surface area contributed by atoms with E-state index < -0.39 is 10.0 Å². The lowest BCUT2D eigenvalue weighted by atomic mass is 10.2. The van der Waals surface area contributed by atoms with Crippen molar-refractivity contribution in [3.05, 3.63) is 30.3 Å². The van der Waals surface area contributed by atoms with Crippen molar-refractivity contribution in [2.75, 3.05) is 0 Å². The highest BCUT2D eigenvalue weighted by molar-refractivity contribution is 6.68. The van der Waals surface area contributed by atoms with Gasteiger partial charge < -0.3 is 10.1 Å². The Morgan fingerprint density at radius 2 is 1.78 bits per heavy atom. The van der Waals surface area contributed by atoms with Gasteiger partial charge in [-0.2, -0.15) is 0 Å². The molecule has 6 heteroatoms. The maximum Gasteiger partial charge on any atom is 0.246 e. The fraction of sp³-hybridized carbons (Fsp3) is 0.417. The molecule has 3 nitrogen and oxygen atoms in total. The summed E-state index contributed by atoms with van der Waals surface area (Å²) in [5.41, 5.74) is 0. The molecule has 1 aromatic carbocycles. The van der Waals surface area contributed by atoms with E-state index in [1.54, 1.807) is 38.1 Å². The first-order chi connectivity index (χ1) is 8.30. The molecule has 0 heterocycles. The topological polar surface area (TPSA) is 38.3 Å². The third kappa shape index (κ3) is 4.92. The number of ether oxygens (including phenoxy) is 1. The molecule has 0 radical (unpaired) electrons. The summed E-state index contributed by atoms with van der Waals surface area (Å²) >= 11 is 17.4. The van der Waals surface area contributed by atoms with Gasteiger partial charge >= 0.3 is 0 Å². The Morgan fingerprint density at radius 3 is 2.22 bits per heavy atom. The van der Waals surface area contributed by atoms with Crippen molar-refractivity contribution in [3.63, 3.8) is 0 Å². The zero-order valence-corrected chi connectivity index (χ0v) is 12.3. The molecule has 0 unspecified atom stereocenters. The zero-order chi connectivity index (χ0) is 13.8. The second kappa shape index (κ2) is 6.50. The molecule has 1 rings (SSSR count). The molecular weight excluding hydrogens is 296 g/mol. The lowest BCUT2D eigenvalue weighted by Crippen LogP contribution is -2.49. The standard InChI is InChI=1S/C12H14Cl3NO2/c1-8(2)10(17)16-11(12(13,14)15)18-9-6-4-3-5-7-9/h3-8,11H,1-2H3,(H,16,17)/t11-/m0/s1. The average Bonchev–Trinajstić information content (AvgIpc) is 2.28. The molecular formula is C12H14Cl3NO2. The van der Waals surface area contributed by atoms with Crippen molar-refractivity contribution in [3.8, 4) is 5.75 Å². The molecule has 0 fully saturated rings. The molecule has 0 spiro atoms. The summed E-state index contributed by atoms with van der Waals surface area (Å²) in [5, 5.41) is 2.55. The Balaban J connectivity index is 2.77. The number of halogens is 3. The normalized spacial score (nSPS) is 13.2. The van der Waals surface area contributed by atoms with E-state index >= 15 is 0 Å². The van der Waals surface area contributed by atoms with Crippen LogP contribution in [0.2, 0.25) is 0 Å². The number of amides is 1. The van der Waals surface area contributed by atoms with Crippen LogP contribution in [0.3, 0.4) is 0 Å². The summed E-state index contributed by atoms with van der Waals surface area (Å²) in [6, 6.07) is 8.84. The molecule has 0 saturated heterocycles. The van der Waals surface area contributed by atoms with Crippen molar-refractivity contribution < 1.29 is 9.53 Å². The molecule has 18 heavy (non-hydrogen) atoms. The van der Waals surface area contributed by atoms with E-state index in [-0.39, 0.29) is 11.8 Å². The van der Waals surface area contributed by atoms with Crippen LogP contribution >= 0.6 is 34.8 Å². The highest BCUT2D eigenvalue weighted by Gasteiger charge is 2.36. The largest absolute Gasteiger partial charge is 0.466 e. The number of para-hydroxylation sites is 1. The summed E-state index contributed by atoms with van der Waals surface area (Å²) in [5.74, 6) is 0.0411. The zero-order valence-electron chi connectivity index (χ0n) is 9.99. The Kier molecular flexibility index (Phi) is 5.57. The van der Waals surface area contributed by atoms with E-state index in [4.69, 9.17) is 39.5 Å². The molecule has 1 aromatic rings. The van der Waals surface area contributed by atoms with Gasteiger partial charge in [0.05, 0.1) is 0 Å². The average molecular weight is 311 g/mol. The minimum absolute atomic E-state index is 0.223. The van der Waals surface area contributed by atoms with Crippen LogP contribution in [0, 0.1) is 5.92 Å². The lowest BCUT2D eigenvalue weighted by Gasteiger charge is -2.26. The number of carbonyl (C=O) groups is 1. The quantitative estimate of drug-likeness (QED) is 0.682. The van der Waals surface area contributed by atoms with E-state index in [9.17, 15) is 4.79 Å². The van der Waals surface area contributed by atoms with Crippen molar-refractivity contribution >= 4 is 40.7 Å². The van der Waals surface area contributed by atoms with Crippen molar-refractivity contribution in [1.82, 2.24) is 5.32 Å². The van der Waals surface area contributed by atoms with E-state index in [2.05, 4.69) is 5.32 Å². The van der Waals surface area contributed by atoms with Crippen molar-refractivity contribution in [2.24, 2.45) is 5.92 Å². The van der Waals surface area contributed by atoms with Crippen LogP contribution in [0.1, 0.15) is 13.8 Å². The molecule has 100 valence electrons. The summed E-state index contributed by atoms with van der Waals surface area (Å²) in [4.78, 5) is 11.6. The number of rotatable bonds is 4. The smallest absolute Gasteiger partial charge is 0.246 e. The summed E-state index contributed by atoms with van der Waals surface area (Å²) in [6.45, 7) is 3.49. The van der Waals surface area contributed by atoms with Gasteiger partial charge in [0.15, 0.2) is 0 Å². The molecule has 0 aliphatic heterocycles. The summed E-state index contributed by atoms with van der Waals surface area (Å²) in [7, 11) is 0. The molecule has 0 aromatic heterocycles. The predicted octanol–water partition coefficient (Wildman–Crippen LogP) is 3.53. The minimum atomic E-state index is -1.75. The minimum Gasteiger partial charge on any atom is -0.466 e. The number of carbonyl (C=O) groups excluding carboxylic acids is 1.